The number of rotatable bonds is 6. The van der Waals surface area contributed by atoms with Crippen LogP contribution >= 0.6 is 23.2 Å². The molecule has 0 radical (unpaired) electrons. The van der Waals surface area contributed by atoms with Gasteiger partial charge in [-0.15, -0.1) is 0 Å². The molecule has 10 nitrogen and oxygen atoms in total. The van der Waals surface area contributed by atoms with Crippen molar-refractivity contribution in [1.29, 1.82) is 5.26 Å². The molecule has 0 aromatic heterocycles. The molecule has 0 spiro atoms. The molecular weight excluding hydrogens is 535 g/mol. The smallest absolute Gasteiger partial charge is 0.255 e. The third-order valence-corrected chi connectivity index (χ3v) is 6.43. The van der Waals surface area contributed by atoms with Crippen LogP contribution in [0.25, 0.3) is 0 Å². The van der Waals surface area contributed by atoms with Crippen molar-refractivity contribution in [2.45, 2.75) is 25.4 Å². The van der Waals surface area contributed by atoms with Gasteiger partial charge < -0.3 is 14.9 Å². The van der Waals surface area contributed by atoms with Gasteiger partial charge in [-0.3, -0.25) is 14.4 Å². The van der Waals surface area contributed by atoms with E-state index in [0.29, 0.717) is 11.1 Å². The number of benzene rings is 2. The number of hydrogen-bond donors (Lipinski definition) is 2. The maximum atomic E-state index is 12.5. The molecule has 0 saturated carbocycles. The predicted molar refractivity (Wildman–Crippen MR) is 139 cm³/mol. The second-order valence-corrected chi connectivity index (χ2v) is 9.57. The third-order valence-electron chi connectivity index (χ3n) is 5.86. The first-order chi connectivity index (χ1) is 18.0. The van der Waals surface area contributed by atoms with E-state index in [0.717, 1.165) is 10.6 Å². The molecule has 2 aliphatic heterocycles. The van der Waals surface area contributed by atoms with Crippen LogP contribution in [-0.4, -0.2) is 52.4 Å². The number of ketones is 2. The van der Waals surface area contributed by atoms with Crippen molar-refractivity contribution < 1.29 is 29.3 Å². The number of halogens is 2. The van der Waals surface area contributed by atoms with E-state index in [2.05, 4.69) is 10.1 Å². The molecule has 2 aliphatic rings. The Bertz CT molecular complexity index is 1450. The van der Waals surface area contributed by atoms with Gasteiger partial charge in [0.2, 0.25) is 17.4 Å². The molecule has 38 heavy (non-hydrogen) atoms. The van der Waals surface area contributed by atoms with E-state index in [1.165, 1.54) is 25.1 Å². The molecule has 0 bridgehead atoms. The first-order valence-electron chi connectivity index (χ1n) is 11.2. The number of aliphatic hydroxyl groups is 2. The van der Waals surface area contributed by atoms with Gasteiger partial charge in [-0.25, -0.2) is 4.99 Å². The summed E-state index contributed by atoms with van der Waals surface area (Å²) in [6.45, 7) is 0.926. The molecule has 0 saturated heterocycles. The lowest BCUT2D eigenvalue weighted by molar-refractivity contribution is -0.124. The second-order valence-electron chi connectivity index (χ2n) is 8.76. The van der Waals surface area contributed by atoms with Crippen LogP contribution in [0.4, 0.5) is 5.69 Å². The number of hydrazone groups is 1. The fraction of sp³-hybridized carbons (Fsp3) is 0.231. The van der Waals surface area contributed by atoms with E-state index in [-0.39, 0.29) is 46.1 Å². The lowest BCUT2D eigenvalue weighted by atomic mass is 9.93. The molecule has 2 N–H and O–H groups in total. The van der Waals surface area contributed by atoms with E-state index in [4.69, 9.17) is 33.2 Å². The number of amides is 1. The van der Waals surface area contributed by atoms with Gasteiger partial charge in [-0.2, -0.15) is 15.4 Å². The van der Waals surface area contributed by atoms with Gasteiger partial charge >= 0.3 is 0 Å². The highest BCUT2D eigenvalue weighted by molar-refractivity contribution is 6.50. The first kappa shape index (κ1) is 27.2. The van der Waals surface area contributed by atoms with E-state index >= 15 is 0 Å². The molecular formula is C26H20Cl2N4O6. The van der Waals surface area contributed by atoms with Gasteiger partial charge in [0.05, 0.1) is 28.8 Å². The monoisotopic (exact) mass is 554 g/mol. The summed E-state index contributed by atoms with van der Waals surface area (Å²) < 4.78 is 5.79. The SMILES string of the molecule is CC(O)(CO)c1ccc(CC2=CC(Oc3c(Cl)cc(N4N=C(C#N)C(=O)CC4=O)cc3Cl)=NCC2=O)cc1. The Kier molecular flexibility index (Phi) is 7.76. The van der Waals surface area contributed by atoms with E-state index < -0.39 is 36.0 Å². The Morgan fingerprint density at radius 2 is 1.79 bits per heavy atom. The summed E-state index contributed by atoms with van der Waals surface area (Å²) in [7, 11) is 0. The average Bonchev–Trinajstić information content (AvgIpc) is 2.88. The summed E-state index contributed by atoms with van der Waals surface area (Å²) in [4.78, 5) is 40.6. The van der Waals surface area contributed by atoms with Crippen LogP contribution in [0.3, 0.4) is 0 Å². The minimum atomic E-state index is -1.37. The largest absolute Gasteiger partial charge is 0.436 e. The second kappa shape index (κ2) is 10.8. The standard InChI is InChI=1S/C26H20Cl2N4O6/c1-26(37,13-33)16-4-2-14(3-5-16)6-15-7-23(30-12-22(15)35)38-25-18(27)8-17(9-19(25)28)32-24(36)10-21(34)20(11-29)31-32/h2-5,7-9,33,37H,6,10,12-13H2,1H3. The Labute approximate surface area is 227 Å². The zero-order valence-corrected chi connectivity index (χ0v) is 21.5. The molecule has 12 heteroatoms. The van der Waals surface area contributed by atoms with Crippen LogP contribution in [0.2, 0.25) is 10.0 Å². The Balaban J connectivity index is 1.54. The van der Waals surface area contributed by atoms with Crippen molar-refractivity contribution in [3.8, 4) is 11.8 Å². The summed E-state index contributed by atoms with van der Waals surface area (Å²) in [5.74, 6) is -1.39. The Morgan fingerprint density at radius 3 is 2.39 bits per heavy atom. The first-order valence-corrected chi connectivity index (χ1v) is 12.0. The normalized spacial score (nSPS) is 17.3. The van der Waals surface area contributed by atoms with Crippen molar-refractivity contribution in [2.24, 2.45) is 10.1 Å². The zero-order chi connectivity index (χ0) is 27.6. The van der Waals surface area contributed by atoms with E-state index in [9.17, 15) is 24.6 Å². The van der Waals surface area contributed by atoms with Crippen LogP contribution in [0, 0.1) is 11.3 Å². The minimum Gasteiger partial charge on any atom is -0.436 e. The zero-order valence-electron chi connectivity index (χ0n) is 19.9. The molecule has 2 heterocycles. The van der Waals surface area contributed by atoms with Gasteiger partial charge in [-0.05, 0) is 30.2 Å². The van der Waals surface area contributed by atoms with Crippen LogP contribution in [0.5, 0.6) is 5.75 Å². The molecule has 0 fully saturated rings. The quantitative estimate of drug-likeness (QED) is 0.520. The molecule has 1 unspecified atom stereocenters. The number of anilines is 1. The van der Waals surface area contributed by atoms with Crippen LogP contribution in [-0.2, 0) is 26.4 Å². The summed E-state index contributed by atoms with van der Waals surface area (Å²) >= 11 is 12.7. The number of aliphatic hydroxyl groups excluding tert-OH is 1. The number of carbonyl (C=O) groups excluding carboxylic acids is 3. The lowest BCUT2D eigenvalue weighted by Crippen LogP contribution is -2.36. The molecule has 4 rings (SSSR count). The van der Waals surface area contributed by atoms with Crippen molar-refractivity contribution in [2.75, 3.05) is 18.2 Å². The van der Waals surface area contributed by atoms with Crippen LogP contribution < -0.4 is 9.75 Å². The number of dihydropyridines is 1. The Hall–Kier alpha value is -3.88. The fourth-order valence-corrected chi connectivity index (χ4v) is 4.25. The molecule has 194 valence electrons. The van der Waals surface area contributed by atoms with Crippen molar-refractivity contribution >= 4 is 58.0 Å². The van der Waals surface area contributed by atoms with Gasteiger partial charge in [0.1, 0.15) is 18.2 Å². The number of Topliss-reactive ketones (excluding diaryl/α,β-unsaturated/α-hetero) is 2. The Morgan fingerprint density at radius 1 is 1.13 bits per heavy atom. The molecule has 1 amide bonds. The number of hydrogen-bond acceptors (Lipinski definition) is 9. The molecule has 2 aromatic carbocycles. The number of nitriles is 1. The number of aliphatic imine (C=N–C) groups is 1. The summed E-state index contributed by atoms with van der Waals surface area (Å²) in [6, 6.07) is 11.2. The topological polar surface area (TPSA) is 153 Å². The summed E-state index contributed by atoms with van der Waals surface area (Å²) in [5.41, 5.74) is 0.123. The summed E-state index contributed by atoms with van der Waals surface area (Å²) in [6.07, 6.45) is 1.24. The highest BCUT2D eigenvalue weighted by atomic mass is 35.5. The van der Waals surface area contributed by atoms with Gasteiger partial charge in [0, 0.05) is 18.1 Å². The summed E-state index contributed by atoms with van der Waals surface area (Å²) in [5, 5.41) is 33.2. The highest BCUT2D eigenvalue weighted by Crippen LogP contribution is 2.38. The van der Waals surface area contributed by atoms with Crippen LogP contribution in [0.15, 0.2) is 58.1 Å². The van der Waals surface area contributed by atoms with Gasteiger partial charge in [0.15, 0.2) is 11.5 Å². The molecule has 0 aliphatic carbocycles. The highest BCUT2D eigenvalue weighted by Gasteiger charge is 2.30. The van der Waals surface area contributed by atoms with Gasteiger partial charge in [-0.1, -0.05) is 47.5 Å². The molecule has 2 aromatic rings. The third kappa shape index (κ3) is 5.66. The van der Waals surface area contributed by atoms with Gasteiger partial charge in [0.25, 0.3) is 5.91 Å². The van der Waals surface area contributed by atoms with Crippen molar-refractivity contribution in [3.05, 3.63) is 69.2 Å². The lowest BCUT2D eigenvalue weighted by Gasteiger charge is -2.22. The van der Waals surface area contributed by atoms with Crippen molar-refractivity contribution in [3.63, 3.8) is 0 Å². The molecule has 1 atom stereocenters. The maximum absolute atomic E-state index is 12.5. The average molecular weight is 555 g/mol. The fourth-order valence-electron chi connectivity index (χ4n) is 3.70. The predicted octanol–water partition coefficient (Wildman–Crippen LogP) is 2.91. The van der Waals surface area contributed by atoms with Crippen molar-refractivity contribution in [1.82, 2.24) is 0 Å². The minimum absolute atomic E-state index is 0.00647. The number of nitrogens with zero attached hydrogens (tertiary/aromatic N) is 4. The van der Waals surface area contributed by atoms with E-state index in [1.807, 2.05) is 0 Å². The number of ether oxygens (including phenoxy) is 1. The van der Waals surface area contributed by atoms with E-state index in [1.54, 1.807) is 30.3 Å². The number of carbonyl (C=O) groups is 3. The maximum Gasteiger partial charge on any atom is 0.255 e. The van der Waals surface area contributed by atoms with Crippen LogP contribution in [0.1, 0.15) is 24.5 Å².